The second kappa shape index (κ2) is 10.6. The van der Waals surface area contributed by atoms with Crippen LogP contribution in [0.1, 0.15) is 25.7 Å². The Morgan fingerprint density at radius 3 is 2.87 bits per heavy atom. The normalized spacial score (nSPS) is 20.4. The fourth-order valence-corrected chi connectivity index (χ4v) is 4.42. The highest BCUT2D eigenvalue weighted by molar-refractivity contribution is 7.77. The van der Waals surface area contributed by atoms with E-state index >= 15 is 0 Å². The van der Waals surface area contributed by atoms with Crippen LogP contribution in [0.4, 0.5) is 11.6 Å². The third-order valence-electron chi connectivity index (χ3n) is 5.70. The van der Waals surface area contributed by atoms with Crippen LogP contribution in [-0.4, -0.2) is 58.0 Å². The van der Waals surface area contributed by atoms with Gasteiger partial charge in [-0.05, 0) is 37.7 Å². The summed E-state index contributed by atoms with van der Waals surface area (Å²) in [5.41, 5.74) is 1.30. The third-order valence-corrected chi connectivity index (χ3v) is 6.37. The fraction of sp³-hybridized carbons (Fsp3) is 0.524. The first-order chi connectivity index (χ1) is 15.1. The van der Waals surface area contributed by atoms with E-state index in [-0.39, 0.29) is 11.8 Å². The highest BCUT2D eigenvalue weighted by Gasteiger charge is 2.25. The van der Waals surface area contributed by atoms with E-state index in [9.17, 15) is 4.79 Å². The minimum Gasteiger partial charge on any atom is -0.381 e. The van der Waals surface area contributed by atoms with Crippen molar-refractivity contribution >= 4 is 42.0 Å². The van der Waals surface area contributed by atoms with Gasteiger partial charge in [0.05, 0.1) is 29.0 Å². The van der Waals surface area contributed by atoms with Crippen LogP contribution in [0.5, 0.6) is 0 Å². The molecule has 8 nitrogen and oxygen atoms in total. The maximum atomic E-state index is 12.6. The molecule has 1 amide bonds. The number of ether oxygens (including phenoxy) is 1. The van der Waals surface area contributed by atoms with E-state index in [4.69, 9.17) is 16.3 Å². The molecular formula is C21H27ClN6O2S. The Balaban J connectivity index is 1.44. The molecule has 2 aliphatic rings. The monoisotopic (exact) mass is 462 g/mol. The van der Waals surface area contributed by atoms with Crippen molar-refractivity contribution in [3.05, 3.63) is 29.7 Å². The number of halogens is 1. The van der Waals surface area contributed by atoms with Crippen LogP contribution in [0.3, 0.4) is 0 Å². The Labute approximate surface area is 192 Å². The molecule has 31 heavy (non-hydrogen) atoms. The van der Waals surface area contributed by atoms with Gasteiger partial charge in [0.15, 0.2) is 0 Å². The second-order valence-electron chi connectivity index (χ2n) is 8.02. The molecule has 0 aliphatic carbocycles. The first kappa shape index (κ1) is 22.3. The zero-order valence-electron chi connectivity index (χ0n) is 17.3. The van der Waals surface area contributed by atoms with Crippen LogP contribution >= 0.6 is 24.4 Å². The van der Waals surface area contributed by atoms with Crippen molar-refractivity contribution in [2.75, 3.05) is 43.5 Å². The molecule has 4 rings (SSSR count). The molecular weight excluding hydrogens is 436 g/mol. The molecule has 2 aromatic heterocycles. The van der Waals surface area contributed by atoms with Crippen molar-refractivity contribution in [1.82, 2.24) is 19.3 Å². The molecule has 2 aliphatic heterocycles. The summed E-state index contributed by atoms with van der Waals surface area (Å²) in [6, 6.07) is 1.74. The Morgan fingerprint density at radius 1 is 1.23 bits per heavy atom. The van der Waals surface area contributed by atoms with Crippen molar-refractivity contribution in [3.63, 3.8) is 0 Å². The summed E-state index contributed by atoms with van der Waals surface area (Å²) in [5.74, 6) is 1.54. The maximum absolute atomic E-state index is 12.6. The standard InChI is InChI=1S/C21H27ClN6O2S/c22-17-10-25-19(27-21(29)15-2-1-5-28(31)13-15)8-16(17)18-11-23-12-20(26-18)24-9-14-3-6-30-7-4-14/h8,10-12,14-15,31H,1-7,9,13H2,(H,24,26)(H,25,27,29)/t15-/m0/s1. The lowest BCUT2D eigenvalue weighted by Gasteiger charge is -2.27. The average molecular weight is 463 g/mol. The van der Waals surface area contributed by atoms with Gasteiger partial charge < -0.3 is 15.4 Å². The van der Waals surface area contributed by atoms with E-state index in [2.05, 4.69) is 38.4 Å². The number of amides is 1. The Hall–Kier alpha value is -1.94. The first-order valence-electron chi connectivity index (χ1n) is 10.6. The lowest BCUT2D eigenvalue weighted by molar-refractivity contribution is -0.120. The number of aromatic nitrogens is 3. The summed E-state index contributed by atoms with van der Waals surface area (Å²) in [5, 5.41) is 6.73. The number of nitrogens with zero attached hydrogens (tertiary/aromatic N) is 4. The van der Waals surface area contributed by atoms with Crippen LogP contribution < -0.4 is 10.6 Å². The van der Waals surface area contributed by atoms with Crippen LogP contribution in [0.25, 0.3) is 11.3 Å². The molecule has 0 unspecified atom stereocenters. The number of thiol groups is 1. The van der Waals surface area contributed by atoms with Crippen LogP contribution in [0, 0.1) is 11.8 Å². The highest BCUT2D eigenvalue weighted by atomic mass is 35.5. The van der Waals surface area contributed by atoms with E-state index in [0.29, 0.717) is 40.4 Å². The van der Waals surface area contributed by atoms with Gasteiger partial charge in [-0.1, -0.05) is 24.4 Å². The molecule has 2 aromatic rings. The molecule has 10 heteroatoms. The molecule has 2 N–H and O–H groups in total. The first-order valence-corrected chi connectivity index (χ1v) is 11.4. The largest absolute Gasteiger partial charge is 0.381 e. The van der Waals surface area contributed by atoms with E-state index in [1.54, 1.807) is 18.5 Å². The topological polar surface area (TPSA) is 92.3 Å². The smallest absolute Gasteiger partial charge is 0.229 e. The fourth-order valence-electron chi connectivity index (χ4n) is 3.88. The van der Waals surface area contributed by atoms with Crippen molar-refractivity contribution < 1.29 is 9.53 Å². The average Bonchev–Trinajstić information content (AvgIpc) is 2.80. The summed E-state index contributed by atoms with van der Waals surface area (Å²) in [6.45, 7) is 3.98. The molecule has 1 atom stereocenters. The van der Waals surface area contributed by atoms with Gasteiger partial charge in [-0.25, -0.2) is 9.97 Å². The number of carbonyl (C=O) groups is 1. The van der Waals surface area contributed by atoms with Gasteiger partial charge in [0, 0.05) is 44.6 Å². The summed E-state index contributed by atoms with van der Waals surface area (Å²) >= 11 is 10.8. The van der Waals surface area contributed by atoms with Gasteiger partial charge in [-0.3, -0.25) is 14.1 Å². The lowest BCUT2D eigenvalue weighted by Crippen LogP contribution is -2.36. The quantitative estimate of drug-likeness (QED) is 0.565. The molecule has 0 radical (unpaired) electrons. The second-order valence-corrected chi connectivity index (χ2v) is 8.99. The molecule has 0 spiro atoms. The molecule has 2 fully saturated rings. The number of pyridine rings is 1. The van der Waals surface area contributed by atoms with Crippen LogP contribution in [0.15, 0.2) is 24.7 Å². The number of carbonyl (C=O) groups excluding carboxylic acids is 1. The molecule has 2 saturated heterocycles. The minimum absolute atomic E-state index is 0.0579. The van der Waals surface area contributed by atoms with Crippen molar-refractivity contribution in [2.45, 2.75) is 25.7 Å². The Kier molecular flexibility index (Phi) is 7.60. The number of hydrogen-bond donors (Lipinski definition) is 3. The van der Waals surface area contributed by atoms with E-state index in [1.165, 1.54) is 6.20 Å². The van der Waals surface area contributed by atoms with Gasteiger partial charge in [0.2, 0.25) is 5.91 Å². The van der Waals surface area contributed by atoms with Crippen molar-refractivity contribution in [2.24, 2.45) is 11.8 Å². The molecule has 4 heterocycles. The molecule has 166 valence electrons. The summed E-state index contributed by atoms with van der Waals surface area (Å²) < 4.78 is 7.29. The van der Waals surface area contributed by atoms with Gasteiger partial charge in [-0.2, -0.15) is 0 Å². The van der Waals surface area contributed by atoms with E-state index in [0.717, 1.165) is 52.0 Å². The predicted octanol–water partition coefficient (Wildman–Crippen LogP) is 3.53. The molecule has 0 saturated carbocycles. The maximum Gasteiger partial charge on any atom is 0.229 e. The van der Waals surface area contributed by atoms with E-state index < -0.39 is 0 Å². The predicted molar refractivity (Wildman–Crippen MR) is 124 cm³/mol. The third kappa shape index (κ3) is 6.06. The summed E-state index contributed by atoms with van der Waals surface area (Å²) in [4.78, 5) is 25.9. The van der Waals surface area contributed by atoms with E-state index in [1.807, 2.05) is 4.31 Å². The zero-order valence-corrected chi connectivity index (χ0v) is 18.9. The highest BCUT2D eigenvalue weighted by Crippen LogP contribution is 2.29. The van der Waals surface area contributed by atoms with Gasteiger partial charge >= 0.3 is 0 Å². The number of nitrogens with one attached hydrogen (secondary N) is 2. The number of anilines is 2. The van der Waals surface area contributed by atoms with Crippen molar-refractivity contribution in [3.8, 4) is 11.3 Å². The number of hydrogen-bond acceptors (Lipinski definition) is 8. The van der Waals surface area contributed by atoms with Crippen LogP contribution in [0.2, 0.25) is 5.02 Å². The summed E-state index contributed by atoms with van der Waals surface area (Å²) in [6.07, 6.45) is 8.78. The minimum atomic E-state index is -0.107. The number of rotatable bonds is 6. The Bertz CT molecular complexity index is 911. The van der Waals surface area contributed by atoms with Crippen LogP contribution in [-0.2, 0) is 9.53 Å². The van der Waals surface area contributed by atoms with Gasteiger partial charge in [-0.15, -0.1) is 0 Å². The zero-order chi connectivity index (χ0) is 21.6. The SMILES string of the molecule is O=C(Nc1cc(-c2cncc(NCC3CCOCC3)n2)c(Cl)cn1)[C@H]1CCCN(S)C1. The van der Waals surface area contributed by atoms with Gasteiger partial charge in [0.1, 0.15) is 11.6 Å². The molecule has 0 bridgehead atoms. The Morgan fingerprint density at radius 2 is 2.06 bits per heavy atom. The summed E-state index contributed by atoms with van der Waals surface area (Å²) in [7, 11) is 0. The molecule has 0 aromatic carbocycles. The van der Waals surface area contributed by atoms with Crippen molar-refractivity contribution in [1.29, 1.82) is 0 Å². The van der Waals surface area contributed by atoms with Gasteiger partial charge in [0.25, 0.3) is 0 Å². The lowest BCUT2D eigenvalue weighted by atomic mass is 9.99. The number of piperidine rings is 1.